The number of fused-ring (bicyclic) bond motifs is 1. The predicted molar refractivity (Wildman–Crippen MR) is 99.7 cm³/mol. The molecule has 0 saturated carbocycles. The highest BCUT2D eigenvalue weighted by Gasteiger charge is 2.32. The number of halogens is 1. The number of rotatable bonds is 4. The standard InChI is InChI=1S/C17H23N3O2S.ClH/c1-12-8-13(9-18)10-20(12)16(21)6-7-19-14-4-2-3-5-15(14)23-11-17(19)22;/h2-5,12-13H,6-11,18H2,1H3;1H. The summed E-state index contributed by atoms with van der Waals surface area (Å²) in [4.78, 5) is 29.5. The molecule has 24 heavy (non-hydrogen) atoms. The van der Waals surface area contributed by atoms with Crippen molar-refractivity contribution in [3.63, 3.8) is 0 Å². The number of likely N-dealkylation sites (tertiary alicyclic amines) is 1. The molecule has 2 atom stereocenters. The number of amides is 2. The van der Waals surface area contributed by atoms with E-state index >= 15 is 0 Å². The SMILES string of the molecule is CC1CC(CN)CN1C(=O)CCN1C(=O)CSc2ccccc21.Cl. The molecule has 0 aromatic heterocycles. The second-order valence-corrected chi connectivity index (χ2v) is 7.30. The van der Waals surface area contributed by atoms with Gasteiger partial charge in [-0.15, -0.1) is 24.2 Å². The highest BCUT2D eigenvalue weighted by atomic mass is 35.5. The molecule has 1 aromatic rings. The van der Waals surface area contributed by atoms with Crippen LogP contribution < -0.4 is 10.6 Å². The lowest BCUT2D eigenvalue weighted by atomic mass is 10.1. The highest BCUT2D eigenvalue weighted by Crippen LogP contribution is 2.35. The van der Waals surface area contributed by atoms with Crippen LogP contribution in [0.1, 0.15) is 19.8 Å². The van der Waals surface area contributed by atoms with Crippen LogP contribution in [0.25, 0.3) is 0 Å². The lowest BCUT2D eigenvalue weighted by molar-refractivity contribution is -0.131. The van der Waals surface area contributed by atoms with E-state index in [2.05, 4.69) is 6.92 Å². The van der Waals surface area contributed by atoms with Gasteiger partial charge in [-0.1, -0.05) is 12.1 Å². The van der Waals surface area contributed by atoms with Crippen LogP contribution in [0.15, 0.2) is 29.2 Å². The fraction of sp³-hybridized carbons (Fsp3) is 0.529. The van der Waals surface area contributed by atoms with Gasteiger partial charge < -0.3 is 15.5 Å². The van der Waals surface area contributed by atoms with Crippen molar-refractivity contribution in [1.82, 2.24) is 4.90 Å². The van der Waals surface area contributed by atoms with Gasteiger partial charge in [0, 0.05) is 30.4 Å². The van der Waals surface area contributed by atoms with Gasteiger partial charge >= 0.3 is 0 Å². The van der Waals surface area contributed by atoms with Crippen LogP contribution >= 0.6 is 24.2 Å². The molecule has 2 amide bonds. The molecule has 1 aromatic carbocycles. The van der Waals surface area contributed by atoms with Crippen molar-refractivity contribution in [2.75, 3.05) is 30.3 Å². The van der Waals surface area contributed by atoms with Crippen molar-refractivity contribution < 1.29 is 9.59 Å². The fourth-order valence-corrected chi connectivity index (χ4v) is 4.35. The maximum absolute atomic E-state index is 12.5. The van der Waals surface area contributed by atoms with Gasteiger partial charge in [-0.05, 0) is 37.9 Å². The van der Waals surface area contributed by atoms with Gasteiger partial charge in [-0.3, -0.25) is 9.59 Å². The van der Waals surface area contributed by atoms with Crippen LogP contribution in [0, 0.1) is 5.92 Å². The summed E-state index contributed by atoms with van der Waals surface area (Å²) in [5.41, 5.74) is 6.65. The van der Waals surface area contributed by atoms with Crippen LogP contribution in [-0.2, 0) is 9.59 Å². The van der Waals surface area contributed by atoms with Crippen molar-refractivity contribution >= 4 is 41.7 Å². The minimum absolute atomic E-state index is 0. The molecule has 3 rings (SSSR count). The molecule has 2 N–H and O–H groups in total. The highest BCUT2D eigenvalue weighted by molar-refractivity contribution is 8.00. The Morgan fingerprint density at radius 3 is 2.83 bits per heavy atom. The van der Waals surface area contributed by atoms with E-state index in [1.807, 2.05) is 29.2 Å². The molecule has 0 bridgehead atoms. The second kappa shape index (κ2) is 8.23. The Morgan fingerprint density at radius 1 is 1.38 bits per heavy atom. The maximum Gasteiger partial charge on any atom is 0.237 e. The normalized spacial score (nSPS) is 23.0. The Morgan fingerprint density at radius 2 is 2.12 bits per heavy atom. The zero-order valence-electron chi connectivity index (χ0n) is 13.8. The van der Waals surface area contributed by atoms with Crippen molar-refractivity contribution in [3.8, 4) is 0 Å². The second-order valence-electron chi connectivity index (χ2n) is 6.28. The third kappa shape index (κ3) is 3.87. The number of nitrogens with zero attached hydrogens (tertiary/aromatic N) is 2. The first-order valence-electron chi connectivity index (χ1n) is 8.12. The zero-order chi connectivity index (χ0) is 16.4. The summed E-state index contributed by atoms with van der Waals surface area (Å²) in [5, 5.41) is 0. The van der Waals surface area contributed by atoms with E-state index in [1.165, 1.54) is 0 Å². The maximum atomic E-state index is 12.5. The molecule has 2 heterocycles. The van der Waals surface area contributed by atoms with Gasteiger partial charge in [0.25, 0.3) is 0 Å². The molecule has 2 aliphatic rings. The molecule has 0 spiro atoms. The third-order valence-electron chi connectivity index (χ3n) is 4.67. The molecule has 5 nitrogen and oxygen atoms in total. The average molecular weight is 370 g/mol. The average Bonchev–Trinajstić information content (AvgIpc) is 2.95. The van der Waals surface area contributed by atoms with Crippen molar-refractivity contribution in [2.45, 2.75) is 30.7 Å². The van der Waals surface area contributed by atoms with Gasteiger partial charge in [0.15, 0.2) is 0 Å². The van der Waals surface area contributed by atoms with Crippen LogP contribution in [0.5, 0.6) is 0 Å². The topological polar surface area (TPSA) is 66.6 Å². The summed E-state index contributed by atoms with van der Waals surface area (Å²) in [6.07, 6.45) is 1.34. The molecule has 0 aliphatic carbocycles. The molecular formula is C17H24ClN3O2S. The number of hydrogen-bond acceptors (Lipinski definition) is 4. The monoisotopic (exact) mass is 369 g/mol. The first-order chi connectivity index (χ1) is 11.1. The molecule has 7 heteroatoms. The van der Waals surface area contributed by atoms with E-state index in [0.29, 0.717) is 31.2 Å². The zero-order valence-corrected chi connectivity index (χ0v) is 15.4. The summed E-state index contributed by atoms with van der Waals surface area (Å²) in [7, 11) is 0. The minimum Gasteiger partial charge on any atom is -0.340 e. The molecule has 0 radical (unpaired) electrons. The van der Waals surface area contributed by atoms with Crippen molar-refractivity contribution in [3.05, 3.63) is 24.3 Å². The molecule has 2 aliphatic heterocycles. The van der Waals surface area contributed by atoms with Crippen molar-refractivity contribution in [2.24, 2.45) is 11.7 Å². The van der Waals surface area contributed by atoms with Gasteiger partial charge in [-0.2, -0.15) is 0 Å². The first-order valence-corrected chi connectivity index (χ1v) is 9.10. The lowest BCUT2D eigenvalue weighted by Crippen LogP contribution is -2.40. The smallest absolute Gasteiger partial charge is 0.237 e. The number of hydrogen-bond donors (Lipinski definition) is 1. The van der Waals surface area contributed by atoms with Crippen LogP contribution in [0.3, 0.4) is 0 Å². The van der Waals surface area contributed by atoms with E-state index in [0.717, 1.165) is 23.5 Å². The van der Waals surface area contributed by atoms with E-state index in [9.17, 15) is 9.59 Å². The number of anilines is 1. The Hall–Kier alpha value is -1.24. The van der Waals surface area contributed by atoms with E-state index in [1.54, 1.807) is 16.7 Å². The quantitative estimate of drug-likeness (QED) is 0.882. The predicted octanol–water partition coefficient (Wildman–Crippen LogP) is 2.13. The van der Waals surface area contributed by atoms with Gasteiger partial charge in [0.2, 0.25) is 11.8 Å². The summed E-state index contributed by atoms with van der Waals surface area (Å²) in [6, 6.07) is 8.13. The first kappa shape index (κ1) is 19.1. The number of carbonyl (C=O) groups is 2. The number of benzene rings is 1. The van der Waals surface area contributed by atoms with Gasteiger partial charge in [0.05, 0.1) is 11.4 Å². The fourth-order valence-electron chi connectivity index (χ4n) is 3.41. The van der Waals surface area contributed by atoms with E-state index in [4.69, 9.17) is 5.73 Å². The van der Waals surface area contributed by atoms with Crippen molar-refractivity contribution in [1.29, 1.82) is 0 Å². The molecule has 132 valence electrons. The molecule has 1 fully saturated rings. The van der Waals surface area contributed by atoms with E-state index < -0.39 is 0 Å². The van der Waals surface area contributed by atoms with Crippen LogP contribution in [-0.4, -0.2) is 48.1 Å². The minimum atomic E-state index is 0. The van der Waals surface area contributed by atoms with E-state index in [-0.39, 0.29) is 30.3 Å². The summed E-state index contributed by atoms with van der Waals surface area (Å²) < 4.78 is 0. The van der Waals surface area contributed by atoms with Crippen LogP contribution in [0.4, 0.5) is 5.69 Å². The van der Waals surface area contributed by atoms with Crippen LogP contribution in [0.2, 0.25) is 0 Å². The third-order valence-corrected chi connectivity index (χ3v) is 5.72. The van der Waals surface area contributed by atoms with Gasteiger partial charge in [-0.25, -0.2) is 0 Å². The summed E-state index contributed by atoms with van der Waals surface area (Å²) >= 11 is 1.56. The molecular weight excluding hydrogens is 346 g/mol. The Labute approximate surface area is 153 Å². The molecule has 2 unspecified atom stereocenters. The Balaban J connectivity index is 0.00000208. The summed E-state index contributed by atoms with van der Waals surface area (Å²) in [5.74, 6) is 1.05. The Kier molecular flexibility index (Phi) is 6.54. The Bertz CT molecular complexity index is 613. The largest absolute Gasteiger partial charge is 0.340 e. The summed E-state index contributed by atoms with van der Waals surface area (Å²) in [6.45, 7) is 3.90. The number of nitrogens with two attached hydrogens (primary N) is 1. The lowest BCUT2D eigenvalue weighted by Gasteiger charge is -2.30. The number of para-hydroxylation sites is 1. The number of thioether (sulfide) groups is 1. The molecule has 1 saturated heterocycles. The number of carbonyl (C=O) groups excluding carboxylic acids is 2. The van der Waals surface area contributed by atoms with Gasteiger partial charge in [0.1, 0.15) is 0 Å².